The number of benzene rings is 1. The van der Waals surface area contributed by atoms with Crippen LogP contribution in [-0.4, -0.2) is 25.7 Å². The van der Waals surface area contributed by atoms with Crippen molar-refractivity contribution in [1.29, 1.82) is 0 Å². The maximum Gasteiger partial charge on any atom is 0.0368 e. The van der Waals surface area contributed by atoms with Gasteiger partial charge in [0.1, 0.15) is 0 Å². The summed E-state index contributed by atoms with van der Waals surface area (Å²) in [6, 6.07) is 11.7. The van der Waals surface area contributed by atoms with Crippen LogP contribution in [0.2, 0.25) is 0 Å². The predicted molar refractivity (Wildman–Crippen MR) is 72.4 cm³/mol. The summed E-state index contributed by atoms with van der Waals surface area (Å²) in [6.07, 6.45) is 5.46. The zero-order valence-corrected chi connectivity index (χ0v) is 10.4. The normalized spacial score (nSPS) is 26.4. The number of anilines is 1. The van der Waals surface area contributed by atoms with Gasteiger partial charge in [-0.3, -0.25) is 0 Å². The van der Waals surface area contributed by atoms with E-state index in [0.717, 1.165) is 12.0 Å². The van der Waals surface area contributed by atoms with Gasteiger partial charge in [0.15, 0.2) is 0 Å². The summed E-state index contributed by atoms with van der Waals surface area (Å²) in [4.78, 5) is 2.65. The Bertz CT molecular complexity index is 343. The maximum atomic E-state index is 3.47. The van der Waals surface area contributed by atoms with Gasteiger partial charge in [0, 0.05) is 18.3 Å². The lowest BCUT2D eigenvalue weighted by Gasteiger charge is -2.35. The molecule has 1 atom stereocenters. The van der Waals surface area contributed by atoms with Crippen molar-refractivity contribution in [1.82, 2.24) is 5.32 Å². The Kier molecular flexibility index (Phi) is 3.32. The van der Waals surface area contributed by atoms with E-state index in [0.29, 0.717) is 0 Å². The summed E-state index contributed by atoms with van der Waals surface area (Å²) in [5.41, 5.74) is 1.42. The summed E-state index contributed by atoms with van der Waals surface area (Å²) in [5.74, 6) is 0.902. The van der Waals surface area contributed by atoms with E-state index in [2.05, 4.69) is 40.5 Å². The lowest BCUT2D eigenvalue weighted by atomic mass is 9.88. The minimum Gasteiger partial charge on any atom is -0.368 e. The fraction of sp³-hybridized carbons (Fsp3) is 0.600. The van der Waals surface area contributed by atoms with E-state index >= 15 is 0 Å². The molecule has 0 saturated carbocycles. The van der Waals surface area contributed by atoms with Crippen LogP contribution in [0.25, 0.3) is 0 Å². The van der Waals surface area contributed by atoms with Crippen molar-refractivity contribution in [3.8, 4) is 0 Å². The van der Waals surface area contributed by atoms with Crippen molar-refractivity contribution >= 4 is 5.69 Å². The van der Waals surface area contributed by atoms with Crippen molar-refractivity contribution in [2.45, 2.75) is 31.7 Å². The van der Waals surface area contributed by atoms with E-state index in [1.165, 1.54) is 51.0 Å². The first kappa shape index (κ1) is 11.1. The van der Waals surface area contributed by atoms with Crippen molar-refractivity contribution in [2.75, 3.05) is 24.5 Å². The first-order valence-electron chi connectivity index (χ1n) is 6.97. The SMILES string of the molecule is c1ccc(N2CCCC2C2CCNCC2)cc1. The van der Waals surface area contributed by atoms with Crippen molar-refractivity contribution < 1.29 is 0 Å². The standard InChI is InChI=1S/C15H22N2/c1-2-5-14(6-3-1)17-12-4-7-15(17)13-8-10-16-11-9-13/h1-3,5-6,13,15-16H,4,7-12H2. The lowest BCUT2D eigenvalue weighted by molar-refractivity contribution is 0.318. The molecule has 2 heterocycles. The highest BCUT2D eigenvalue weighted by atomic mass is 15.2. The molecule has 2 heteroatoms. The zero-order valence-electron chi connectivity index (χ0n) is 10.4. The van der Waals surface area contributed by atoms with E-state index in [-0.39, 0.29) is 0 Å². The molecule has 0 spiro atoms. The van der Waals surface area contributed by atoms with Crippen molar-refractivity contribution in [2.24, 2.45) is 5.92 Å². The molecule has 0 amide bonds. The average Bonchev–Trinajstić information content (AvgIpc) is 2.90. The van der Waals surface area contributed by atoms with Gasteiger partial charge in [-0.05, 0) is 56.8 Å². The fourth-order valence-electron chi connectivity index (χ4n) is 3.45. The lowest BCUT2D eigenvalue weighted by Crippen LogP contribution is -2.41. The summed E-state index contributed by atoms with van der Waals surface area (Å²) < 4.78 is 0. The van der Waals surface area contributed by atoms with Crippen LogP contribution in [-0.2, 0) is 0 Å². The van der Waals surface area contributed by atoms with Crippen LogP contribution < -0.4 is 10.2 Å². The number of hydrogen-bond acceptors (Lipinski definition) is 2. The van der Waals surface area contributed by atoms with Crippen LogP contribution in [0.15, 0.2) is 30.3 Å². The Balaban J connectivity index is 1.75. The van der Waals surface area contributed by atoms with E-state index in [1.807, 2.05) is 0 Å². The highest BCUT2D eigenvalue weighted by molar-refractivity contribution is 5.48. The highest BCUT2D eigenvalue weighted by Crippen LogP contribution is 2.33. The quantitative estimate of drug-likeness (QED) is 0.840. The van der Waals surface area contributed by atoms with Crippen molar-refractivity contribution in [3.05, 3.63) is 30.3 Å². The van der Waals surface area contributed by atoms with Gasteiger partial charge in [0.25, 0.3) is 0 Å². The number of hydrogen-bond donors (Lipinski definition) is 1. The van der Waals surface area contributed by atoms with Crippen LogP contribution in [0.4, 0.5) is 5.69 Å². The summed E-state index contributed by atoms with van der Waals surface area (Å²) in [5, 5.41) is 3.47. The summed E-state index contributed by atoms with van der Waals surface area (Å²) in [7, 11) is 0. The molecule has 1 aromatic rings. The minimum absolute atomic E-state index is 0.791. The van der Waals surface area contributed by atoms with Gasteiger partial charge < -0.3 is 10.2 Å². The number of piperidine rings is 1. The molecule has 92 valence electrons. The Morgan fingerprint density at radius 2 is 1.76 bits per heavy atom. The Labute approximate surface area is 104 Å². The maximum absolute atomic E-state index is 3.47. The van der Waals surface area contributed by atoms with E-state index in [4.69, 9.17) is 0 Å². The molecule has 2 aliphatic heterocycles. The van der Waals surface area contributed by atoms with E-state index < -0.39 is 0 Å². The van der Waals surface area contributed by atoms with Gasteiger partial charge >= 0.3 is 0 Å². The highest BCUT2D eigenvalue weighted by Gasteiger charge is 2.32. The molecule has 17 heavy (non-hydrogen) atoms. The third-order valence-corrected chi connectivity index (χ3v) is 4.32. The molecule has 1 unspecified atom stereocenters. The predicted octanol–water partition coefficient (Wildman–Crippen LogP) is 2.66. The monoisotopic (exact) mass is 230 g/mol. The van der Waals surface area contributed by atoms with Gasteiger partial charge in [0.05, 0.1) is 0 Å². The van der Waals surface area contributed by atoms with E-state index in [9.17, 15) is 0 Å². The minimum atomic E-state index is 0.791. The Morgan fingerprint density at radius 3 is 2.53 bits per heavy atom. The zero-order chi connectivity index (χ0) is 11.5. The number of nitrogens with one attached hydrogen (secondary N) is 1. The van der Waals surface area contributed by atoms with Crippen LogP contribution >= 0.6 is 0 Å². The fourth-order valence-corrected chi connectivity index (χ4v) is 3.45. The number of nitrogens with zero attached hydrogens (tertiary/aromatic N) is 1. The molecule has 1 N–H and O–H groups in total. The van der Waals surface area contributed by atoms with Gasteiger partial charge in [0.2, 0.25) is 0 Å². The van der Waals surface area contributed by atoms with Crippen molar-refractivity contribution in [3.63, 3.8) is 0 Å². The number of para-hydroxylation sites is 1. The second-order valence-electron chi connectivity index (χ2n) is 5.33. The van der Waals surface area contributed by atoms with Gasteiger partial charge in [-0.1, -0.05) is 18.2 Å². The molecule has 0 aliphatic carbocycles. The van der Waals surface area contributed by atoms with Crippen LogP contribution in [0, 0.1) is 5.92 Å². The second kappa shape index (κ2) is 5.09. The van der Waals surface area contributed by atoms with Crippen LogP contribution in [0.1, 0.15) is 25.7 Å². The molecule has 0 radical (unpaired) electrons. The molecule has 1 aromatic carbocycles. The number of rotatable bonds is 2. The Hall–Kier alpha value is -1.02. The van der Waals surface area contributed by atoms with Gasteiger partial charge in [-0.25, -0.2) is 0 Å². The molecular weight excluding hydrogens is 208 g/mol. The molecule has 2 saturated heterocycles. The third-order valence-electron chi connectivity index (χ3n) is 4.32. The van der Waals surface area contributed by atoms with E-state index in [1.54, 1.807) is 0 Å². The Morgan fingerprint density at radius 1 is 1.00 bits per heavy atom. The molecule has 2 fully saturated rings. The van der Waals surface area contributed by atoms with Gasteiger partial charge in [-0.2, -0.15) is 0 Å². The summed E-state index contributed by atoms with van der Waals surface area (Å²) >= 11 is 0. The molecule has 2 aliphatic rings. The second-order valence-corrected chi connectivity index (χ2v) is 5.33. The molecular formula is C15H22N2. The first-order chi connectivity index (χ1) is 8.45. The molecule has 3 rings (SSSR count). The topological polar surface area (TPSA) is 15.3 Å². The first-order valence-corrected chi connectivity index (χ1v) is 6.97. The smallest absolute Gasteiger partial charge is 0.0368 e. The third kappa shape index (κ3) is 2.32. The molecule has 0 aromatic heterocycles. The summed E-state index contributed by atoms with van der Waals surface area (Å²) in [6.45, 7) is 3.67. The van der Waals surface area contributed by atoms with Crippen LogP contribution in [0.3, 0.4) is 0 Å². The van der Waals surface area contributed by atoms with Gasteiger partial charge in [-0.15, -0.1) is 0 Å². The molecule has 0 bridgehead atoms. The molecule has 2 nitrogen and oxygen atoms in total. The largest absolute Gasteiger partial charge is 0.368 e. The average molecular weight is 230 g/mol. The van der Waals surface area contributed by atoms with Crippen LogP contribution in [0.5, 0.6) is 0 Å².